The number of morpholine rings is 1. The first-order valence-corrected chi connectivity index (χ1v) is 15.7. The van der Waals surface area contributed by atoms with Crippen molar-refractivity contribution in [3.8, 4) is 0 Å². The van der Waals surface area contributed by atoms with Gasteiger partial charge in [-0.2, -0.15) is 9.61 Å². The SMILES string of the molecule is Cc1c(N2CCC2)nc2cc([C@@H]3CCCCN3C(=O)c3cc(N)ccc3NS(C)(=O)=O)nn2c1N1CCOCC1. The molecule has 3 saturated heterocycles. The maximum absolute atomic E-state index is 14.0. The van der Waals surface area contributed by atoms with Crippen molar-refractivity contribution in [3.63, 3.8) is 0 Å². The van der Waals surface area contributed by atoms with E-state index in [-0.39, 0.29) is 23.2 Å². The number of nitrogen functional groups attached to an aromatic ring is 1. The van der Waals surface area contributed by atoms with E-state index in [2.05, 4.69) is 21.4 Å². The molecule has 6 rings (SSSR count). The van der Waals surface area contributed by atoms with Gasteiger partial charge in [0.1, 0.15) is 11.6 Å². The number of nitrogens with two attached hydrogens (primary N) is 1. The van der Waals surface area contributed by atoms with Crippen molar-refractivity contribution in [1.82, 2.24) is 19.5 Å². The van der Waals surface area contributed by atoms with Gasteiger partial charge in [-0.1, -0.05) is 0 Å². The van der Waals surface area contributed by atoms with Gasteiger partial charge >= 0.3 is 0 Å². The van der Waals surface area contributed by atoms with Crippen LogP contribution in [0.5, 0.6) is 0 Å². The van der Waals surface area contributed by atoms with Crippen LogP contribution in [0.25, 0.3) is 5.65 Å². The zero-order valence-electron chi connectivity index (χ0n) is 23.0. The number of hydrogen-bond donors (Lipinski definition) is 2. The predicted molar refractivity (Wildman–Crippen MR) is 155 cm³/mol. The molecule has 0 radical (unpaired) electrons. The fourth-order valence-corrected chi connectivity index (χ4v) is 6.46. The number of rotatable bonds is 6. The van der Waals surface area contributed by atoms with Crippen LogP contribution in [0.3, 0.4) is 0 Å². The summed E-state index contributed by atoms with van der Waals surface area (Å²) in [6.45, 7) is 7.48. The average Bonchev–Trinajstić information content (AvgIpc) is 3.32. The molecule has 0 aliphatic carbocycles. The summed E-state index contributed by atoms with van der Waals surface area (Å²) in [5.74, 6) is 1.73. The highest BCUT2D eigenvalue weighted by molar-refractivity contribution is 7.92. The van der Waals surface area contributed by atoms with E-state index >= 15 is 0 Å². The van der Waals surface area contributed by atoms with Gasteiger partial charge in [-0.05, 0) is 50.8 Å². The maximum atomic E-state index is 14.0. The van der Waals surface area contributed by atoms with Crippen LogP contribution in [0, 0.1) is 6.92 Å². The third-order valence-electron chi connectivity index (χ3n) is 7.94. The molecule has 1 amide bonds. The molecule has 2 aromatic heterocycles. The summed E-state index contributed by atoms with van der Waals surface area (Å²) in [5, 5.41) is 5.07. The topological polar surface area (TPSA) is 138 Å². The maximum Gasteiger partial charge on any atom is 0.256 e. The average molecular weight is 569 g/mol. The molecule has 3 aliphatic heterocycles. The van der Waals surface area contributed by atoms with Gasteiger partial charge in [-0.25, -0.2) is 13.4 Å². The molecule has 0 saturated carbocycles. The summed E-state index contributed by atoms with van der Waals surface area (Å²) >= 11 is 0. The number of fused-ring (bicyclic) bond motifs is 1. The van der Waals surface area contributed by atoms with E-state index < -0.39 is 10.0 Å². The number of anilines is 4. The Bertz CT molecular complexity index is 1550. The molecular weight excluding hydrogens is 532 g/mol. The second-order valence-electron chi connectivity index (χ2n) is 10.9. The Labute approximate surface area is 234 Å². The Balaban J connectivity index is 1.41. The molecule has 3 aromatic rings. The van der Waals surface area contributed by atoms with Crippen molar-refractivity contribution in [2.45, 2.75) is 38.6 Å². The molecular formula is C27H36N8O4S. The first-order valence-electron chi connectivity index (χ1n) is 13.9. The van der Waals surface area contributed by atoms with E-state index in [0.29, 0.717) is 25.4 Å². The number of aromatic nitrogens is 3. The summed E-state index contributed by atoms with van der Waals surface area (Å²) in [5.41, 5.74) is 9.47. The van der Waals surface area contributed by atoms with Gasteiger partial charge in [0.15, 0.2) is 5.65 Å². The lowest BCUT2D eigenvalue weighted by molar-refractivity contribution is 0.0607. The highest BCUT2D eigenvalue weighted by atomic mass is 32.2. The van der Waals surface area contributed by atoms with Crippen LogP contribution < -0.4 is 20.3 Å². The standard InChI is InChI=1S/C27H36N8O4S/c1-18-25(32-9-5-10-32)29-24-17-22(30-35(24)26(18)33-12-14-39-15-13-33)23-6-3-4-11-34(23)27(36)20-16-19(28)7-8-21(20)31-40(2,37)38/h7-8,16-17,23,31H,3-6,9-15,28H2,1-2H3/t23-/m0/s1. The third-order valence-corrected chi connectivity index (χ3v) is 8.53. The molecule has 13 heteroatoms. The summed E-state index contributed by atoms with van der Waals surface area (Å²) in [6, 6.07) is 6.37. The van der Waals surface area contributed by atoms with E-state index in [1.165, 1.54) is 12.1 Å². The van der Waals surface area contributed by atoms with Crippen LogP contribution in [-0.4, -0.2) is 86.0 Å². The van der Waals surface area contributed by atoms with Gasteiger partial charge in [-0.15, -0.1) is 0 Å². The van der Waals surface area contributed by atoms with E-state index in [9.17, 15) is 13.2 Å². The molecule has 0 spiro atoms. The van der Waals surface area contributed by atoms with Gasteiger partial charge < -0.3 is 25.2 Å². The lowest BCUT2D eigenvalue weighted by atomic mass is 9.97. The van der Waals surface area contributed by atoms with Crippen LogP contribution >= 0.6 is 0 Å². The highest BCUT2D eigenvalue weighted by Gasteiger charge is 2.33. The lowest BCUT2D eigenvalue weighted by Crippen LogP contribution is -2.41. The number of benzene rings is 1. The van der Waals surface area contributed by atoms with E-state index in [0.717, 1.165) is 86.7 Å². The van der Waals surface area contributed by atoms with E-state index in [4.69, 9.17) is 20.6 Å². The highest BCUT2D eigenvalue weighted by Crippen LogP contribution is 2.37. The minimum absolute atomic E-state index is 0.215. The van der Waals surface area contributed by atoms with E-state index in [1.54, 1.807) is 11.0 Å². The molecule has 3 N–H and O–H groups in total. The van der Waals surface area contributed by atoms with Crippen molar-refractivity contribution < 1.29 is 17.9 Å². The first-order chi connectivity index (χ1) is 19.2. The normalized spacial score (nSPS) is 20.1. The minimum Gasteiger partial charge on any atom is -0.399 e. The quantitative estimate of drug-likeness (QED) is 0.429. The number of amides is 1. The van der Waals surface area contributed by atoms with Gasteiger partial charge in [0.25, 0.3) is 5.91 Å². The van der Waals surface area contributed by atoms with Crippen LogP contribution in [-0.2, 0) is 14.8 Å². The van der Waals surface area contributed by atoms with Gasteiger partial charge in [0, 0.05) is 50.0 Å². The van der Waals surface area contributed by atoms with Crippen molar-refractivity contribution >= 4 is 44.6 Å². The Hall–Kier alpha value is -3.58. The lowest BCUT2D eigenvalue weighted by Gasteiger charge is -2.36. The molecule has 5 heterocycles. The number of ether oxygens (including phenoxy) is 1. The van der Waals surface area contributed by atoms with Crippen LogP contribution in [0.15, 0.2) is 24.3 Å². The fourth-order valence-electron chi connectivity index (χ4n) is 5.89. The van der Waals surface area contributed by atoms with Crippen LogP contribution in [0.4, 0.5) is 23.0 Å². The Morgan fingerprint density at radius 2 is 1.82 bits per heavy atom. The zero-order chi connectivity index (χ0) is 28.0. The molecule has 1 aromatic carbocycles. The number of sulfonamides is 1. The molecule has 40 heavy (non-hydrogen) atoms. The number of nitrogens with one attached hydrogen (secondary N) is 1. The smallest absolute Gasteiger partial charge is 0.256 e. The Morgan fingerprint density at radius 1 is 1.05 bits per heavy atom. The third kappa shape index (κ3) is 5.03. The van der Waals surface area contributed by atoms with Crippen molar-refractivity contribution in [1.29, 1.82) is 0 Å². The summed E-state index contributed by atoms with van der Waals surface area (Å²) in [6.07, 6.45) is 4.77. The largest absolute Gasteiger partial charge is 0.399 e. The molecule has 3 aliphatic rings. The Kier molecular flexibility index (Phi) is 6.95. The van der Waals surface area contributed by atoms with Crippen LogP contribution in [0.2, 0.25) is 0 Å². The van der Waals surface area contributed by atoms with Gasteiger partial charge in [0.2, 0.25) is 10.0 Å². The summed E-state index contributed by atoms with van der Waals surface area (Å²) < 4.78 is 34.0. The summed E-state index contributed by atoms with van der Waals surface area (Å²) in [4.78, 5) is 25.4. The number of likely N-dealkylation sites (tertiary alicyclic amines) is 1. The summed E-state index contributed by atoms with van der Waals surface area (Å²) in [7, 11) is -3.59. The number of hydrogen-bond acceptors (Lipinski definition) is 9. The van der Waals surface area contributed by atoms with Gasteiger partial charge in [-0.3, -0.25) is 9.52 Å². The Morgan fingerprint density at radius 3 is 2.52 bits per heavy atom. The molecule has 3 fully saturated rings. The first kappa shape index (κ1) is 26.6. The van der Waals surface area contributed by atoms with Crippen molar-refractivity contribution in [2.75, 3.05) is 72.4 Å². The molecule has 214 valence electrons. The van der Waals surface area contributed by atoms with Gasteiger partial charge in [0.05, 0.1) is 42.5 Å². The van der Waals surface area contributed by atoms with Crippen molar-refractivity contribution in [3.05, 3.63) is 41.1 Å². The molecule has 0 bridgehead atoms. The fraction of sp³-hybridized carbons (Fsp3) is 0.519. The van der Waals surface area contributed by atoms with Crippen molar-refractivity contribution in [2.24, 2.45) is 0 Å². The molecule has 12 nitrogen and oxygen atoms in total. The number of piperidine rings is 1. The monoisotopic (exact) mass is 568 g/mol. The number of nitrogens with zero attached hydrogens (tertiary/aromatic N) is 6. The molecule has 1 atom stereocenters. The van der Waals surface area contributed by atoms with E-state index in [1.807, 2.05) is 10.6 Å². The number of carbonyl (C=O) groups excluding carboxylic acids is 1. The van der Waals surface area contributed by atoms with Crippen LogP contribution in [0.1, 0.15) is 53.3 Å². The zero-order valence-corrected chi connectivity index (χ0v) is 23.8. The predicted octanol–water partition coefficient (Wildman–Crippen LogP) is 2.41. The number of carbonyl (C=O) groups is 1. The molecule has 0 unspecified atom stereocenters. The second-order valence-corrected chi connectivity index (χ2v) is 12.6. The second kappa shape index (κ2) is 10.4. The minimum atomic E-state index is -3.59.